The Morgan fingerprint density at radius 1 is 1.50 bits per heavy atom. The van der Waals surface area contributed by atoms with Gasteiger partial charge in [-0.2, -0.15) is 0 Å². The fourth-order valence-electron chi connectivity index (χ4n) is 1.27. The molecule has 0 aliphatic rings. The van der Waals surface area contributed by atoms with Gasteiger partial charge in [-0.1, -0.05) is 0 Å². The van der Waals surface area contributed by atoms with Crippen LogP contribution in [0.2, 0.25) is 0 Å². The van der Waals surface area contributed by atoms with Crippen molar-refractivity contribution in [3.8, 4) is 0 Å². The van der Waals surface area contributed by atoms with Crippen molar-refractivity contribution in [2.75, 3.05) is 32.2 Å². The van der Waals surface area contributed by atoms with Crippen molar-refractivity contribution in [2.24, 2.45) is 0 Å². The second-order valence-corrected chi connectivity index (χ2v) is 3.20. The van der Waals surface area contributed by atoms with E-state index in [0.29, 0.717) is 13.2 Å². The topological polar surface area (TPSA) is 45.6 Å². The van der Waals surface area contributed by atoms with Crippen LogP contribution in [0.4, 0.5) is 5.69 Å². The second kappa shape index (κ2) is 5.57. The number of ether oxygens (including phenoxy) is 1. The summed E-state index contributed by atoms with van der Waals surface area (Å²) >= 11 is 0. The number of hydrogen-bond acceptors (Lipinski definition) is 4. The molecule has 0 aliphatic carbocycles. The van der Waals surface area contributed by atoms with Gasteiger partial charge in [0.1, 0.15) is 0 Å². The number of methoxy groups -OCH3 is 1. The first-order chi connectivity index (χ1) is 6.74. The number of anilines is 1. The van der Waals surface area contributed by atoms with Crippen LogP contribution in [-0.4, -0.2) is 43.5 Å². The molecule has 4 heteroatoms. The first kappa shape index (κ1) is 10.9. The molecule has 1 N–H and O–H groups in total. The highest BCUT2D eigenvalue weighted by Crippen LogP contribution is 2.09. The zero-order valence-corrected chi connectivity index (χ0v) is 8.55. The summed E-state index contributed by atoms with van der Waals surface area (Å²) in [6, 6.07) is 3.80. The van der Waals surface area contributed by atoms with Crippen molar-refractivity contribution in [1.82, 2.24) is 4.98 Å². The molecule has 1 atom stereocenters. The van der Waals surface area contributed by atoms with Gasteiger partial charge in [-0.25, -0.2) is 0 Å². The highest BCUT2D eigenvalue weighted by Gasteiger charge is 2.07. The average molecular weight is 196 g/mol. The predicted molar refractivity (Wildman–Crippen MR) is 55.4 cm³/mol. The van der Waals surface area contributed by atoms with Crippen molar-refractivity contribution < 1.29 is 9.84 Å². The Bertz CT molecular complexity index is 254. The first-order valence-corrected chi connectivity index (χ1v) is 4.52. The van der Waals surface area contributed by atoms with E-state index in [2.05, 4.69) is 4.98 Å². The standard InChI is InChI=1S/C10H16N2O2/c1-12(7-10(13)8-14-2)9-3-5-11-6-4-9/h3-6,10,13H,7-8H2,1-2H3/t10-/m0/s1. The molecule has 0 saturated heterocycles. The molecule has 0 spiro atoms. The summed E-state index contributed by atoms with van der Waals surface area (Å²) in [5.41, 5.74) is 1.04. The van der Waals surface area contributed by atoms with E-state index < -0.39 is 6.10 Å². The lowest BCUT2D eigenvalue weighted by molar-refractivity contribution is 0.0695. The van der Waals surface area contributed by atoms with Crippen LogP contribution in [0.5, 0.6) is 0 Å². The second-order valence-electron chi connectivity index (χ2n) is 3.20. The van der Waals surface area contributed by atoms with E-state index in [1.165, 1.54) is 0 Å². The Labute approximate surface area is 84.1 Å². The Kier molecular flexibility index (Phi) is 4.35. The molecular formula is C10H16N2O2. The smallest absolute Gasteiger partial charge is 0.0947 e. The summed E-state index contributed by atoms with van der Waals surface area (Å²) in [5, 5.41) is 9.50. The van der Waals surface area contributed by atoms with Crippen molar-refractivity contribution >= 4 is 5.69 Å². The zero-order valence-electron chi connectivity index (χ0n) is 8.55. The van der Waals surface area contributed by atoms with Gasteiger partial charge in [0.25, 0.3) is 0 Å². The summed E-state index contributed by atoms with van der Waals surface area (Å²) in [6.07, 6.45) is 3.00. The molecule has 0 aromatic carbocycles. The van der Waals surface area contributed by atoms with Gasteiger partial charge in [-0.05, 0) is 12.1 Å². The number of aromatic nitrogens is 1. The third kappa shape index (κ3) is 3.32. The van der Waals surface area contributed by atoms with E-state index in [1.54, 1.807) is 19.5 Å². The number of nitrogens with zero attached hydrogens (tertiary/aromatic N) is 2. The third-order valence-corrected chi connectivity index (χ3v) is 1.95. The van der Waals surface area contributed by atoms with Crippen molar-refractivity contribution in [1.29, 1.82) is 0 Å². The zero-order chi connectivity index (χ0) is 10.4. The molecule has 0 aliphatic heterocycles. The molecular weight excluding hydrogens is 180 g/mol. The van der Waals surface area contributed by atoms with Gasteiger partial charge in [0.2, 0.25) is 0 Å². The maximum atomic E-state index is 9.50. The van der Waals surface area contributed by atoms with Gasteiger partial charge < -0.3 is 14.7 Å². The Balaban J connectivity index is 2.46. The highest BCUT2D eigenvalue weighted by molar-refractivity contribution is 5.43. The molecule has 0 unspecified atom stereocenters. The van der Waals surface area contributed by atoms with Gasteiger partial charge in [-0.3, -0.25) is 4.98 Å². The summed E-state index contributed by atoms with van der Waals surface area (Å²) in [7, 11) is 3.50. The van der Waals surface area contributed by atoms with Crippen LogP contribution in [-0.2, 0) is 4.74 Å². The van der Waals surface area contributed by atoms with Crippen molar-refractivity contribution in [3.05, 3.63) is 24.5 Å². The molecule has 78 valence electrons. The van der Waals surface area contributed by atoms with Crippen LogP contribution < -0.4 is 4.90 Å². The molecule has 0 amide bonds. The molecule has 14 heavy (non-hydrogen) atoms. The molecule has 1 rings (SSSR count). The molecule has 0 fully saturated rings. The number of aliphatic hydroxyl groups is 1. The van der Waals surface area contributed by atoms with E-state index in [4.69, 9.17) is 4.74 Å². The van der Waals surface area contributed by atoms with Crippen LogP contribution >= 0.6 is 0 Å². The molecule has 1 heterocycles. The Morgan fingerprint density at radius 2 is 2.14 bits per heavy atom. The van der Waals surface area contributed by atoms with Crippen molar-refractivity contribution in [3.63, 3.8) is 0 Å². The van der Waals surface area contributed by atoms with Crippen LogP contribution in [0.25, 0.3) is 0 Å². The minimum Gasteiger partial charge on any atom is -0.389 e. The fraction of sp³-hybridized carbons (Fsp3) is 0.500. The maximum Gasteiger partial charge on any atom is 0.0947 e. The predicted octanol–water partition coefficient (Wildman–Crippen LogP) is 0.525. The summed E-state index contributed by atoms with van der Waals surface area (Å²) in [6.45, 7) is 0.910. The minimum atomic E-state index is -0.460. The lowest BCUT2D eigenvalue weighted by Gasteiger charge is -2.21. The van der Waals surface area contributed by atoms with Crippen LogP contribution in [0.3, 0.4) is 0 Å². The van der Waals surface area contributed by atoms with E-state index in [1.807, 2.05) is 24.1 Å². The molecule has 0 radical (unpaired) electrons. The number of likely N-dealkylation sites (N-methyl/N-ethyl adjacent to an activating group) is 1. The van der Waals surface area contributed by atoms with Gasteiger partial charge in [0, 0.05) is 38.8 Å². The monoisotopic (exact) mass is 196 g/mol. The number of aliphatic hydroxyl groups excluding tert-OH is 1. The van der Waals surface area contributed by atoms with Crippen molar-refractivity contribution in [2.45, 2.75) is 6.10 Å². The normalized spacial score (nSPS) is 12.5. The molecule has 1 aromatic rings. The lowest BCUT2D eigenvalue weighted by atomic mass is 10.3. The third-order valence-electron chi connectivity index (χ3n) is 1.95. The Hall–Kier alpha value is -1.13. The van der Waals surface area contributed by atoms with Crippen LogP contribution in [0.1, 0.15) is 0 Å². The Morgan fingerprint density at radius 3 is 2.71 bits per heavy atom. The van der Waals surface area contributed by atoms with E-state index in [0.717, 1.165) is 5.69 Å². The van der Waals surface area contributed by atoms with Gasteiger partial charge >= 0.3 is 0 Å². The van der Waals surface area contributed by atoms with Gasteiger partial charge in [0.05, 0.1) is 12.7 Å². The minimum absolute atomic E-state index is 0.357. The SMILES string of the molecule is COC[C@@H](O)CN(C)c1ccncc1. The quantitative estimate of drug-likeness (QED) is 0.746. The lowest BCUT2D eigenvalue weighted by Crippen LogP contribution is -2.31. The molecule has 1 aromatic heterocycles. The number of hydrogen-bond donors (Lipinski definition) is 1. The first-order valence-electron chi connectivity index (χ1n) is 4.52. The van der Waals surface area contributed by atoms with E-state index >= 15 is 0 Å². The molecule has 0 saturated carbocycles. The average Bonchev–Trinajstić information content (AvgIpc) is 2.19. The van der Waals surface area contributed by atoms with Crippen LogP contribution in [0, 0.1) is 0 Å². The molecule has 0 bridgehead atoms. The number of pyridine rings is 1. The summed E-state index contributed by atoms with van der Waals surface area (Å²) in [5.74, 6) is 0. The fourth-order valence-corrected chi connectivity index (χ4v) is 1.27. The molecule has 4 nitrogen and oxygen atoms in total. The van der Waals surface area contributed by atoms with Crippen LogP contribution in [0.15, 0.2) is 24.5 Å². The van der Waals surface area contributed by atoms with E-state index in [9.17, 15) is 5.11 Å². The van der Waals surface area contributed by atoms with Gasteiger partial charge in [0.15, 0.2) is 0 Å². The summed E-state index contributed by atoms with van der Waals surface area (Å²) in [4.78, 5) is 5.89. The maximum absolute atomic E-state index is 9.50. The number of rotatable bonds is 5. The highest BCUT2D eigenvalue weighted by atomic mass is 16.5. The van der Waals surface area contributed by atoms with Gasteiger partial charge in [-0.15, -0.1) is 0 Å². The summed E-state index contributed by atoms with van der Waals surface area (Å²) < 4.78 is 4.85. The largest absolute Gasteiger partial charge is 0.389 e. The van der Waals surface area contributed by atoms with E-state index in [-0.39, 0.29) is 0 Å².